The van der Waals surface area contributed by atoms with Crippen LogP contribution in [0.15, 0.2) is 34.9 Å². The lowest BCUT2D eigenvalue weighted by Gasteiger charge is -2.08. The lowest BCUT2D eigenvalue weighted by molar-refractivity contribution is -0.678. The average Bonchev–Trinajstić information content (AvgIpc) is 2.44. The largest absolute Gasteiger partial charge is 0.318 e. The van der Waals surface area contributed by atoms with E-state index in [1.165, 1.54) is 0 Å². The van der Waals surface area contributed by atoms with Crippen LogP contribution in [0, 0.1) is 6.92 Å². The fourth-order valence-corrected chi connectivity index (χ4v) is 2.52. The van der Waals surface area contributed by atoms with E-state index in [4.69, 9.17) is 5.73 Å². The van der Waals surface area contributed by atoms with Gasteiger partial charge in [0.25, 0.3) is 0 Å². The van der Waals surface area contributed by atoms with Crippen LogP contribution in [0.3, 0.4) is 0 Å². The second kappa shape index (κ2) is 6.45. The van der Waals surface area contributed by atoms with Crippen LogP contribution in [-0.4, -0.2) is 10.8 Å². The van der Waals surface area contributed by atoms with Crippen LogP contribution < -0.4 is 10.3 Å². The number of halogens is 2. The molecule has 0 unspecified atom stereocenters. The maximum absolute atomic E-state index is 12.3. The number of nitrogen functional groups attached to an aromatic ring is 1. The number of hydrogen-bond acceptors (Lipinski definition) is 3. The molecule has 0 aliphatic rings. The van der Waals surface area contributed by atoms with Gasteiger partial charge in [-0.1, -0.05) is 44.0 Å². The fraction of sp³-hybridized carbons (Fsp3) is 0.214. The van der Waals surface area contributed by atoms with Gasteiger partial charge in [-0.05, 0) is 12.1 Å². The molecule has 0 aliphatic carbocycles. The number of carbonyl (C=O) groups excluding carboxylic acids is 1. The fourth-order valence-electron chi connectivity index (χ4n) is 1.83. The lowest BCUT2D eigenvalue weighted by atomic mass is 10.1. The third-order valence-electron chi connectivity index (χ3n) is 3.03. The number of rotatable bonds is 4. The summed E-state index contributed by atoms with van der Waals surface area (Å²) in [6.45, 7) is 2.02. The van der Waals surface area contributed by atoms with Crippen molar-refractivity contribution < 1.29 is 9.36 Å². The lowest BCUT2D eigenvalue weighted by Crippen LogP contribution is -2.45. The first-order valence-corrected chi connectivity index (χ1v) is 7.93. The van der Waals surface area contributed by atoms with Crippen molar-refractivity contribution >= 4 is 43.5 Å². The molecule has 6 heteroatoms. The Bertz CT molecular complexity index is 642. The molecule has 1 heterocycles. The predicted octanol–water partition coefficient (Wildman–Crippen LogP) is 2.80. The summed E-state index contributed by atoms with van der Waals surface area (Å²) in [6, 6.07) is 7.28. The van der Waals surface area contributed by atoms with Crippen molar-refractivity contribution in [1.29, 1.82) is 0 Å². The van der Waals surface area contributed by atoms with Gasteiger partial charge in [-0.3, -0.25) is 4.79 Å². The summed E-state index contributed by atoms with van der Waals surface area (Å²) in [7, 11) is 0. The number of anilines is 1. The van der Waals surface area contributed by atoms with Gasteiger partial charge in [-0.15, -0.1) is 4.98 Å². The van der Waals surface area contributed by atoms with Gasteiger partial charge in [-0.2, -0.15) is 0 Å². The zero-order valence-electron chi connectivity index (χ0n) is 10.9. The monoisotopic (exact) mass is 398 g/mol. The summed E-state index contributed by atoms with van der Waals surface area (Å²) < 4.78 is 2.68. The minimum Gasteiger partial charge on any atom is -0.318 e. The minimum atomic E-state index is 0.00539. The third-order valence-corrected chi connectivity index (χ3v) is 4.16. The summed E-state index contributed by atoms with van der Waals surface area (Å²) in [5.74, 6) is 1.29. The van der Waals surface area contributed by atoms with Crippen molar-refractivity contribution in [2.75, 3.05) is 5.73 Å². The Hall–Kier alpha value is -1.27. The van der Waals surface area contributed by atoms with Gasteiger partial charge in [0, 0.05) is 22.3 Å². The highest BCUT2D eigenvalue weighted by Gasteiger charge is 2.18. The molecule has 2 aromatic rings. The van der Waals surface area contributed by atoms with Crippen molar-refractivity contribution in [3.63, 3.8) is 0 Å². The van der Waals surface area contributed by atoms with E-state index in [-0.39, 0.29) is 12.3 Å². The number of hydrogen-bond donors (Lipinski definition) is 1. The number of Topliss-reactive ketones (excluding diaryl/α,β-unsaturated/α-hetero) is 1. The van der Waals surface area contributed by atoms with Crippen molar-refractivity contribution in [1.82, 2.24) is 4.98 Å². The molecule has 0 amide bonds. The first-order valence-electron chi connectivity index (χ1n) is 6.01. The number of aromatic nitrogens is 2. The number of alkyl halides is 1. The molecule has 0 spiro atoms. The number of carbonyl (C=O) groups is 1. The number of benzene rings is 1. The van der Waals surface area contributed by atoms with E-state index in [0.717, 1.165) is 15.9 Å². The molecule has 0 saturated carbocycles. The molecule has 2 rings (SSSR count). The molecule has 0 saturated heterocycles. The highest BCUT2D eigenvalue weighted by molar-refractivity contribution is 9.10. The van der Waals surface area contributed by atoms with Gasteiger partial charge in [0.2, 0.25) is 11.6 Å². The zero-order chi connectivity index (χ0) is 14.7. The Morgan fingerprint density at radius 3 is 2.60 bits per heavy atom. The molecule has 20 heavy (non-hydrogen) atoms. The highest BCUT2D eigenvalue weighted by Crippen LogP contribution is 2.13. The first-order chi connectivity index (χ1) is 9.52. The van der Waals surface area contributed by atoms with Gasteiger partial charge < -0.3 is 5.73 Å². The standard InChI is InChI=1S/C14H13Br2N3O/c1-9-18-7-11(6-15)14(17)19(9)8-13(20)10-2-4-12(16)5-3-10/h2-5,7,17H,6,8H2,1H3/p+1. The van der Waals surface area contributed by atoms with Crippen molar-refractivity contribution in [3.8, 4) is 0 Å². The summed E-state index contributed by atoms with van der Waals surface area (Å²) >= 11 is 6.71. The molecule has 2 N–H and O–H groups in total. The Morgan fingerprint density at radius 1 is 1.35 bits per heavy atom. The van der Waals surface area contributed by atoms with E-state index < -0.39 is 0 Å². The van der Waals surface area contributed by atoms with E-state index in [9.17, 15) is 4.79 Å². The van der Waals surface area contributed by atoms with Crippen LogP contribution in [0.2, 0.25) is 0 Å². The second-order valence-corrected chi connectivity index (χ2v) is 5.84. The highest BCUT2D eigenvalue weighted by atomic mass is 79.9. The van der Waals surface area contributed by atoms with Gasteiger partial charge in [0.15, 0.2) is 5.78 Å². The van der Waals surface area contributed by atoms with Crippen LogP contribution in [0.5, 0.6) is 0 Å². The van der Waals surface area contributed by atoms with Gasteiger partial charge >= 0.3 is 0 Å². The summed E-state index contributed by atoms with van der Waals surface area (Å²) in [6.07, 6.45) is 1.72. The Kier molecular flexibility index (Phi) is 4.88. The van der Waals surface area contributed by atoms with Crippen LogP contribution in [0.25, 0.3) is 0 Å². The van der Waals surface area contributed by atoms with E-state index in [1.807, 2.05) is 19.1 Å². The number of nitrogens with two attached hydrogens (primary N) is 1. The third kappa shape index (κ3) is 3.24. The van der Waals surface area contributed by atoms with Crippen LogP contribution in [0.4, 0.5) is 5.82 Å². The second-order valence-electron chi connectivity index (χ2n) is 4.37. The molecule has 4 nitrogen and oxygen atoms in total. The van der Waals surface area contributed by atoms with Crippen molar-refractivity contribution in [3.05, 3.63) is 51.9 Å². The molecular formula is C14H14Br2N3O+. The predicted molar refractivity (Wildman–Crippen MR) is 84.7 cm³/mol. The molecule has 1 aromatic heterocycles. The van der Waals surface area contributed by atoms with Gasteiger partial charge in [-0.25, -0.2) is 4.57 Å². The topological polar surface area (TPSA) is 59.9 Å². The van der Waals surface area contributed by atoms with E-state index in [0.29, 0.717) is 16.7 Å². The van der Waals surface area contributed by atoms with E-state index in [1.54, 1.807) is 22.9 Å². The van der Waals surface area contributed by atoms with Crippen LogP contribution >= 0.6 is 31.9 Å². The summed E-state index contributed by atoms with van der Waals surface area (Å²) in [5, 5.41) is 0.610. The maximum Gasteiger partial charge on any atom is 0.235 e. The maximum atomic E-state index is 12.3. The van der Waals surface area contributed by atoms with Gasteiger partial charge in [0.05, 0.1) is 5.56 Å². The molecule has 0 fully saturated rings. The van der Waals surface area contributed by atoms with Gasteiger partial charge in [0.1, 0.15) is 12.7 Å². The minimum absolute atomic E-state index is 0.00539. The smallest absolute Gasteiger partial charge is 0.235 e. The first kappa shape index (κ1) is 15.1. The SMILES string of the molecule is Cc1ncc(CBr)c(N)[n+]1CC(=O)c1ccc(Br)cc1. The Labute approximate surface area is 134 Å². The van der Waals surface area contributed by atoms with Crippen molar-refractivity contribution in [2.24, 2.45) is 0 Å². The van der Waals surface area contributed by atoms with E-state index >= 15 is 0 Å². The Balaban J connectivity index is 2.30. The molecule has 0 bridgehead atoms. The Morgan fingerprint density at radius 2 is 2.00 bits per heavy atom. The van der Waals surface area contributed by atoms with Crippen molar-refractivity contribution in [2.45, 2.75) is 18.8 Å². The number of aryl methyl sites for hydroxylation is 1. The van der Waals surface area contributed by atoms with Crippen LogP contribution in [0.1, 0.15) is 21.7 Å². The number of nitrogens with zero attached hydrogens (tertiary/aromatic N) is 2. The molecule has 104 valence electrons. The zero-order valence-corrected chi connectivity index (χ0v) is 14.1. The van der Waals surface area contributed by atoms with Crippen LogP contribution in [-0.2, 0) is 11.9 Å². The molecule has 1 aromatic carbocycles. The summed E-state index contributed by atoms with van der Waals surface area (Å²) in [5.41, 5.74) is 7.61. The molecule has 0 atom stereocenters. The quantitative estimate of drug-likeness (QED) is 0.488. The van der Waals surface area contributed by atoms with E-state index in [2.05, 4.69) is 36.8 Å². The molecule has 0 aliphatic heterocycles. The summed E-state index contributed by atoms with van der Waals surface area (Å²) in [4.78, 5) is 16.6. The molecular weight excluding hydrogens is 386 g/mol. The molecule has 0 radical (unpaired) electrons. The number of ketones is 1. The average molecular weight is 400 g/mol. The normalized spacial score (nSPS) is 10.6.